The van der Waals surface area contributed by atoms with Gasteiger partial charge < -0.3 is 30.3 Å². The van der Waals surface area contributed by atoms with Crippen LogP contribution < -0.4 is 10.6 Å². The van der Waals surface area contributed by atoms with Gasteiger partial charge in [0, 0.05) is 36.6 Å². The number of urea groups is 1. The molecular weight excluding hydrogens is 560 g/mol. The highest BCUT2D eigenvalue weighted by molar-refractivity contribution is 7.99. The van der Waals surface area contributed by atoms with E-state index in [1.165, 1.54) is 0 Å². The standard InChI is InChI=1S/C35H38N2O5S/c38-18-19-43-24-31-20-33(28-12-10-26(23-39)11-13-28)42-34(41-31)29-16-14-27(15-17-29)32-9-5-4-8-30(32)22-37-35(40)36-21-25-6-2-1-3-7-25/h1-17,31,33-34,38-39H,18-24H2,(H2,36,37,40)/t31-,33+,34+/m1/s1. The van der Waals surface area contributed by atoms with Crippen molar-refractivity contribution in [2.45, 2.75) is 44.6 Å². The summed E-state index contributed by atoms with van der Waals surface area (Å²) in [5.74, 6) is 1.43. The summed E-state index contributed by atoms with van der Waals surface area (Å²) in [5, 5.41) is 24.6. The predicted molar refractivity (Wildman–Crippen MR) is 170 cm³/mol. The van der Waals surface area contributed by atoms with Crippen molar-refractivity contribution in [3.63, 3.8) is 0 Å². The number of carbonyl (C=O) groups excluding carboxylic acids is 1. The lowest BCUT2D eigenvalue weighted by molar-refractivity contribution is -0.245. The van der Waals surface area contributed by atoms with Crippen molar-refractivity contribution in [3.8, 4) is 11.1 Å². The van der Waals surface area contributed by atoms with Crippen LogP contribution in [0.1, 0.15) is 46.6 Å². The molecule has 1 aliphatic heterocycles. The molecule has 3 atom stereocenters. The van der Waals surface area contributed by atoms with Crippen LogP contribution >= 0.6 is 11.8 Å². The molecule has 7 nitrogen and oxygen atoms in total. The second kappa shape index (κ2) is 15.7. The second-order valence-electron chi connectivity index (χ2n) is 10.4. The van der Waals surface area contributed by atoms with E-state index in [1.807, 2.05) is 84.9 Å². The molecule has 8 heteroatoms. The third-order valence-electron chi connectivity index (χ3n) is 7.40. The van der Waals surface area contributed by atoms with Crippen molar-refractivity contribution in [2.75, 3.05) is 18.1 Å². The van der Waals surface area contributed by atoms with Crippen LogP contribution in [0.15, 0.2) is 103 Å². The summed E-state index contributed by atoms with van der Waals surface area (Å²) >= 11 is 1.67. The Morgan fingerprint density at radius 2 is 1.47 bits per heavy atom. The van der Waals surface area contributed by atoms with Gasteiger partial charge in [0.05, 0.1) is 25.4 Å². The van der Waals surface area contributed by atoms with Crippen LogP contribution in [0.4, 0.5) is 4.79 Å². The first-order valence-corrected chi connectivity index (χ1v) is 15.7. The number of carbonyl (C=O) groups is 1. The van der Waals surface area contributed by atoms with Crippen LogP contribution in [-0.4, -0.2) is 40.5 Å². The molecule has 1 heterocycles. The molecule has 0 saturated carbocycles. The molecular formula is C35H38N2O5S. The number of aliphatic hydroxyl groups is 2. The lowest BCUT2D eigenvalue weighted by Crippen LogP contribution is -2.34. The van der Waals surface area contributed by atoms with Crippen molar-refractivity contribution in [2.24, 2.45) is 0 Å². The number of thioether (sulfide) groups is 1. The zero-order chi connectivity index (χ0) is 29.9. The monoisotopic (exact) mass is 598 g/mol. The minimum atomic E-state index is -0.532. The minimum Gasteiger partial charge on any atom is -0.396 e. The maximum absolute atomic E-state index is 12.5. The molecule has 224 valence electrons. The van der Waals surface area contributed by atoms with Crippen molar-refractivity contribution >= 4 is 17.8 Å². The summed E-state index contributed by atoms with van der Waals surface area (Å²) in [5.41, 5.74) is 6.98. The van der Waals surface area contributed by atoms with Crippen molar-refractivity contribution in [1.29, 1.82) is 0 Å². The molecule has 1 fully saturated rings. The topological polar surface area (TPSA) is 100 Å². The van der Waals surface area contributed by atoms with Crippen LogP contribution in [0.5, 0.6) is 0 Å². The SMILES string of the molecule is O=C(NCc1ccccc1)NCc1ccccc1-c1ccc([C@H]2O[C@@H](CSCCO)C[C@@H](c3ccc(CO)cc3)O2)cc1. The molecule has 2 amide bonds. The molecule has 0 aliphatic carbocycles. The Labute approximate surface area is 257 Å². The first-order valence-electron chi connectivity index (χ1n) is 14.6. The van der Waals surface area contributed by atoms with E-state index in [4.69, 9.17) is 9.47 Å². The summed E-state index contributed by atoms with van der Waals surface area (Å²) in [7, 11) is 0. The quantitative estimate of drug-likeness (QED) is 0.147. The average molecular weight is 599 g/mol. The normalized spacial score (nSPS) is 18.2. The zero-order valence-electron chi connectivity index (χ0n) is 24.0. The van der Waals surface area contributed by atoms with E-state index < -0.39 is 6.29 Å². The fraction of sp³-hybridized carbons (Fsp3) is 0.286. The molecule has 0 aromatic heterocycles. The smallest absolute Gasteiger partial charge is 0.315 e. The highest BCUT2D eigenvalue weighted by atomic mass is 32.2. The van der Waals surface area contributed by atoms with E-state index in [0.717, 1.165) is 44.7 Å². The van der Waals surface area contributed by atoms with Crippen LogP contribution in [0.25, 0.3) is 11.1 Å². The lowest BCUT2D eigenvalue weighted by Gasteiger charge is -2.36. The molecule has 5 rings (SSSR count). The maximum atomic E-state index is 12.5. The average Bonchev–Trinajstić information content (AvgIpc) is 3.07. The van der Waals surface area contributed by atoms with E-state index in [9.17, 15) is 15.0 Å². The fourth-order valence-corrected chi connectivity index (χ4v) is 5.87. The molecule has 4 aromatic rings. The summed E-state index contributed by atoms with van der Waals surface area (Å²) in [4.78, 5) is 12.5. The zero-order valence-corrected chi connectivity index (χ0v) is 24.8. The van der Waals surface area contributed by atoms with Crippen LogP contribution in [-0.2, 0) is 29.2 Å². The largest absolute Gasteiger partial charge is 0.396 e. The Morgan fingerprint density at radius 3 is 2.21 bits per heavy atom. The van der Waals surface area contributed by atoms with Crippen LogP contribution in [0.3, 0.4) is 0 Å². The van der Waals surface area contributed by atoms with Gasteiger partial charge in [0.1, 0.15) is 0 Å². The number of rotatable bonds is 12. The molecule has 4 N–H and O–H groups in total. The number of hydrogen-bond acceptors (Lipinski definition) is 6. The number of benzene rings is 4. The third kappa shape index (κ3) is 8.69. The van der Waals surface area contributed by atoms with Gasteiger partial charge in [-0.1, -0.05) is 103 Å². The summed E-state index contributed by atoms with van der Waals surface area (Å²) < 4.78 is 12.8. The van der Waals surface area contributed by atoms with Gasteiger partial charge in [-0.2, -0.15) is 11.8 Å². The Hall–Kier alpha value is -3.66. The van der Waals surface area contributed by atoms with Crippen molar-refractivity contribution in [1.82, 2.24) is 10.6 Å². The fourth-order valence-electron chi connectivity index (χ4n) is 5.09. The first kappa shape index (κ1) is 30.8. The van der Waals surface area contributed by atoms with Gasteiger partial charge in [-0.05, 0) is 33.4 Å². The highest BCUT2D eigenvalue weighted by Gasteiger charge is 2.32. The lowest BCUT2D eigenvalue weighted by atomic mass is 9.98. The molecule has 1 aliphatic rings. The van der Waals surface area contributed by atoms with E-state index in [0.29, 0.717) is 25.3 Å². The highest BCUT2D eigenvalue weighted by Crippen LogP contribution is 2.39. The van der Waals surface area contributed by atoms with Gasteiger partial charge in [-0.3, -0.25) is 0 Å². The van der Waals surface area contributed by atoms with Gasteiger partial charge in [0.15, 0.2) is 6.29 Å². The number of hydrogen-bond donors (Lipinski definition) is 4. The van der Waals surface area contributed by atoms with Crippen molar-refractivity contribution in [3.05, 3.63) is 131 Å². The number of nitrogens with one attached hydrogen (secondary N) is 2. The molecule has 0 bridgehead atoms. The number of aliphatic hydroxyl groups excluding tert-OH is 2. The van der Waals surface area contributed by atoms with Gasteiger partial charge in [-0.25, -0.2) is 4.79 Å². The summed E-state index contributed by atoms with van der Waals surface area (Å²) in [6.07, 6.45) is 0.00320. The van der Waals surface area contributed by atoms with Gasteiger partial charge in [0.2, 0.25) is 0 Å². The maximum Gasteiger partial charge on any atom is 0.315 e. The van der Waals surface area contributed by atoms with Crippen LogP contribution in [0, 0.1) is 0 Å². The molecule has 1 saturated heterocycles. The summed E-state index contributed by atoms with van der Waals surface area (Å²) in [6, 6.07) is 33.7. The Kier molecular flexibility index (Phi) is 11.2. The van der Waals surface area contributed by atoms with Crippen molar-refractivity contribution < 1.29 is 24.5 Å². The first-order chi connectivity index (χ1) is 21.1. The van der Waals surface area contributed by atoms with E-state index >= 15 is 0 Å². The Balaban J connectivity index is 1.26. The molecule has 0 radical (unpaired) electrons. The van der Waals surface area contributed by atoms with Gasteiger partial charge in [0.25, 0.3) is 0 Å². The van der Waals surface area contributed by atoms with E-state index in [1.54, 1.807) is 11.8 Å². The Bertz CT molecular complexity index is 1430. The molecule has 4 aromatic carbocycles. The molecule has 43 heavy (non-hydrogen) atoms. The van der Waals surface area contributed by atoms with Gasteiger partial charge in [-0.15, -0.1) is 0 Å². The number of amides is 2. The van der Waals surface area contributed by atoms with Crippen LogP contribution in [0.2, 0.25) is 0 Å². The molecule has 0 spiro atoms. The third-order valence-corrected chi connectivity index (χ3v) is 8.48. The van der Waals surface area contributed by atoms with E-state index in [2.05, 4.69) is 28.8 Å². The van der Waals surface area contributed by atoms with Gasteiger partial charge >= 0.3 is 6.03 Å². The second-order valence-corrected chi connectivity index (χ2v) is 11.6. The number of ether oxygens (including phenoxy) is 2. The summed E-state index contributed by atoms with van der Waals surface area (Å²) in [6.45, 7) is 1.01. The molecule has 0 unspecified atom stereocenters. The minimum absolute atomic E-state index is 0.00492. The van der Waals surface area contributed by atoms with E-state index in [-0.39, 0.29) is 31.5 Å². The Morgan fingerprint density at radius 1 is 0.767 bits per heavy atom. The predicted octanol–water partition coefficient (Wildman–Crippen LogP) is 6.12.